The number of carbonyl (C=O) groups excluding carboxylic acids is 3. The first kappa shape index (κ1) is 21.7. The molecule has 168 valence electrons. The lowest BCUT2D eigenvalue weighted by Crippen LogP contribution is -2.58. The Kier molecular flexibility index (Phi) is 6.21. The number of benzene rings is 1. The number of amides is 3. The standard InChI is InChI=1S/C24H34N4O3/c1-18(2)25-21(29)16-27-17-28(20-10-4-3-5-11-20)24(23(27)31)12-14-26(15-13-24)22(30)19-8-6-7-9-19/h3-5,10-11,18-19H,6-9,12-17H2,1-2H3,(H,25,29). The normalized spacial score (nSPS) is 21.4. The van der Waals surface area contributed by atoms with Gasteiger partial charge in [0.25, 0.3) is 5.91 Å². The van der Waals surface area contributed by atoms with Crippen molar-refractivity contribution in [2.75, 3.05) is 31.2 Å². The molecule has 2 aliphatic heterocycles. The lowest BCUT2D eigenvalue weighted by Gasteiger charge is -2.43. The van der Waals surface area contributed by atoms with E-state index in [1.54, 1.807) is 4.90 Å². The summed E-state index contributed by atoms with van der Waals surface area (Å²) in [6.45, 7) is 5.47. The lowest BCUT2D eigenvalue weighted by molar-refractivity contribution is -0.141. The van der Waals surface area contributed by atoms with E-state index in [0.29, 0.717) is 32.6 Å². The first-order valence-corrected chi connectivity index (χ1v) is 11.6. The van der Waals surface area contributed by atoms with Crippen LogP contribution < -0.4 is 10.2 Å². The molecule has 7 nitrogen and oxygen atoms in total. The minimum absolute atomic E-state index is 0.00299. The largest absolute Gasteiger partial charge is 0.352 e. The fourth-order valence-corrected chi connectivity index (χ4v) is 5.39. The van der Waals surface area contributed by atoms with Gasteiger partial charge in [-0.05, 0) is 51.7 Å². The molecule has 4 rings (SSSR count). The van der Waals surface area contributed by atoms with Gasteiger partial charge < -0.3 is 20.0 Å². The molecule has 3 fully saturated rings. The summed E-state index contributed by atoms with van der Waals surface area (Å²) in [5.74, 6) is 0.289. The second-order valence-electron chi connectivity index (χ2n) is 9.47. The SMILES string of the molecule is CC(C)NC(=O)CN1CN(c2ccccc2)C2(CCN(C(=O)C3CCCC3)CC2)C1=O. The van der Waals surface area contributed by atoms with Crippen molar-refractivity contribution in [3.8, 4) is 0 Å². The molecular weight excluding hydrogens is 392 g/mol. The fraction of sp³-hybridized carbons (Fsp3) is 0.625. The van der Waals surface area contributed by atoms with Crippen LogP contribution in [0.2, 0.25) is 0 Å². The van der Waals surface area contributed by atoms with Gasteiger partial charge in [-0.3, -0.25) is 14.4 Å². The molecule has 31 heavy (non-hydrogen) atoms. The number of nitrogens with zero attached hydrogens (tertiary/aromatic N) is 3. The highest BCUT2D eigenvalue weighted by Crippen LogP contribution is 2.40. The monoisotopic (exact) mass is 426 g/mol. The molecule has 0 atom stereocenters. The number of para-hydroxylation sites is 1. The summed E-state index contributed by atoms with van der Waals surface area (Å²) in [7, 11) is 0. The van der Waals surface area contributed by atoms with E-state index in [-0.39, 0.29) is 36.2 Å². The van der Waals surface area contributed by atoms with E-state index in [0.717, 1.165) is 31.4 Å². The molecular formula is C24H34N4O3. The zero-order valence-corrected chi connectivity index (χ0v) is 18.7. The van der Waals surface area contributed by atoms with E-state index in [4.69, 9.17) is 0 Å². The minimum Gasteiger partial charge on any atom is -0.352 e. The zero-order chi connectivity index (χ0) is 22.0. The Balaban J connectivity index is 1.52. The number of piperidine rings is 1. The van der Waals surface area contributed by atoms with Crippen molar-refractivity contribution < 1.29 is 14.4 Å². The van der Waals surface area contributed by atoms with E-state index in [9.17, 15) is 14.4 Å². The number of nitrogens with one attached hydrogen (secondary N) is 1. The molecule has 1 aromatic carbocycles. The molecule has 0 unspecified atom stereocenters. The quantitative estimate of drug-likeness (QED) is 0.785. The Morgan fingerprint density at radius 1 is 1.10 bits per heavy atom. The smallest absolute Gasteiger partial charge is 0.250 e. The molecule has 3 aliphatic rings. The van der Waals surface area contributed by atoms with Crippen molar-refractivity contribution in [3.63, 3.8) is 0 Å². The molecule has 2 saturated heterocycles. The summed E-state index contributed by atoms with van der Waals surface area (Å²) in [4.78, 5) is 44.7. The van der Waals surface area contributed by atoms with E-state index >= 15 is 0 Å². The van der Waals surface area contributed by atoms with Gasteiger partial charge in [-0.2, -0.15) is 0 Å². The molecule has 0 aromatic heterocycles. The van der Waals surface area contributed by atoms with Crippen LogP contribution >= 0.6 is 0 Å². The molecule has 7 heteroatoms. The van der Waals surface area contributed by atoms with Crippen molar-refractivity contribution in [2.45, 2.75) is 64.0 Å². The Hall–Kier alpha value is -2.57. The van der Waals surface area contributed by atoms with Crippen molar-refractivity contribution in [1.82, 2.24) is 15.1 Å². The fourth-order valence-electron chi connectivity index (χ4n) is 5.39. The number of hydrogen-bond donors (Lipinski definition) is 1. The molecule has 0 radical (unpaired) electrons. The van der Waals surface area contributed by atoms with Gasteiger partial charge in [0.1, 0.15) is 12.1 Å². The van der Waals surface area contributed by atoms with Gasteiger partial charge >= 0.3 is 0 Å². The first-order chi connectivity index (χ1) is 14.9. The van der Waals surface area contributed by atoms with Crippen LogP contribution in [0.25, 0.3) is 0 Å². The Morgan fingerprint density at radius 3 is 2.35 bits per heavy atom. The molecule has 0 bridgehead atoms. The van der Waals surface area contributed by atoms with Crippen LogP contribution in [0.15, 0.2) is 30.3 Å². The van der Waals surface area contributed by atoms with Crippen LogP contribution in [0.5, 0.6) is 0 Å². The van der Waals surface area contributed by atoms with Crippen LogP contribution in [-0.4, -0.2) is 65.4 Å². The Morgan fingerprint density at radius 2 is 1.74 bits per heavy atom. The van der Waals surface area contributed by atoms with E-state index in [2.05, 4.69) is 10.2 Å². The summed E-state index contributed by atoms with van der Waals surface area (Å²) in [6, 6.07) is 9.98. The van der Waals surface area contributed by atoms with Crippen molar-refractivity contribution >= 4 is 23.4 Å². The maximum Gasteiger partial charge on any atom is 0.250 e. The molecule has 1 saturated carbocycles. The van der Waals surface area contributed by atoms with Crippen LogP contribution in [0.1, 0.15) is 52.4 Å². The third kappa shape index (κ3) is 4.27. The van der Waals surface area contributed by atoms with Crippen LogP contribution in [0.4, 0.5) is 5.69 Å². The molecule has 1 N–H and O–H groups in total. The lowest BCUT2D eigenvalue weighted by atomic mass is 9.85. The molecule has 1 aliphatic carbocycles. The highest BCUT2D eigenvalue weighted by molar-refractivity contribution is 5.96. The second kappa shape index (κ2) is 8.89. The number of hydrogen-bond acceptors (Lipinski definition) is 4. The van der Waals surface area contributed by atoms with Crippen molar-refractivity contribution in [2.24, 2.45) is 5.92 Å². The third-order valence-corrected chi connectivity index (χ3v) is 6.97. The van der Waals surface area contributed by atoms with Crippen LogP contribution in [-0.2, 0) is 14.4 Å². The number of carbonyl (C=O) groups is 3. The first-order valence-electron chi connectivity index (χ1n) is 11.6. The molecule has 3 amide bonds. The van der Waals surface area contributed by atoms with Crippen molar-refractivity contribution in [3.05, 3.63) is 30.3 Å². The molecule has 1 spiro atoms. The van der Waals surface area contributed by atoms with Gasteiger partial charge in [0.15, 0.2) is 0 Å². The van der Waals surface area contributed by atoms with Gasteiger partial charge in [0.05, 0.1) is 6.67 Å². The summed E-state index contributed by atoms with van der Waals surface area (Å²) in [6.07, 6.45) is 5.47. The van der Waals surface area contributed by atoms with E-state index in [1.165, 1.54) is 0 Å². The molecule has 1 aromatic rings. The van der Waals surface area contributed by atoms with Gasteiger partial charge in [0.2, 0.25) is 11.8 Å². The van der Waals surface area contributed by atoms with Gasteiger partial charge in [0, 0.05) is 30.7 Å². The third-order valence-electron chi connectivity index (χ3n) is 6.97. The average Bonchev–Trinajstić information content (AvgIpc) is 3.38. The highest BCUT2D eigenvalue weighted by Gasteiger charge is 2.54. The molecule has 2 heterocycles. The summed E-state index contributed by atoms with van der Waals surface area (Å²) < 4.78 is 0. The average molecular weight is 427 g/mol. The Labute approximate surface area is 184 Å². The van der Waals surface area contributed by atoms with E-state index in [1.807, 2.05) is 49.1 Å². The van der Waals surface area contributed by atoms with Gasteiger partial charge in [-0.25, -0.2) is 0 Å². The highest BCUT2D eigenvalue weighted by atomic mass is 16.2. The van der Waals surface area contributed by atoms with Crippen LogP contribution in [0.3, 0.4) is 0 Å². The van der Waals surface area contributed by atoms with E-state index < -0.39 is 5.54 Å². The number of likely N-dealkylation sites (tertiary alicyclic amines) is 1. The van der Waals surface area contributed by atoms with Crippen molar-refractivity contribution in [1.29, 1.82) is 0 Å². The second-order valence-corrected chi connectivity index (χ2v) is 9.47. The minimum atomic E-state index is -0.689. The zero-order valence-electron chi connectivity index (χ0n) is 18.7. The summed E-state index contributed by atoms with van der Waals surface area (Å²) in [5.41, 5.74) is 0.296. The predicted molar refractivity (Wildman–Crippen MR) is 119 cm³/mol. The summed E-state index contributed by atoms with van der Waals surface area (Å²) >= 11 is 0. The van der Waals surface area contributed by atoms with Gasteiger partial charge in [-0.15, -0.1) is 0 Å². The summed E-state index contributed by atoms with van der Waals surface area (Å²) in [5, 5.41) is 2.89. The number of rotatable bonds is 5. The topological polar surface area (TPSA) is 73.0 Å². The van der Waals surface area contributed by atoms with Crippen LogP contribution in [0, 0.1) is 5.92 Å². The van der Waals surface area contributed by atoms with Gasteiger partial charge in [-0.1, -0.05) is 31.0 Å². The maximum absolute atomic E-state index is 13.6. The number of anilines is 1. The Bertz CT molecular complexity index is 811. The maximum atomic E-state index is 13.6. The predicted octanol–water partition coefficient (Wildman–Crippen LogP) is 2.37.